The van der Waals surface area contributed by atoms with Crippen LogP contribution < -0.4 is 10.1 Å². The molecule has 0 bridgehead atoms. The van der Waals surface area contributed by atoms with Gasteiger partial charge < -0.3 is 15.2 Å². The number of hydrogen-bond acceptors (Lipinski definition) is 3. The Kier molecular flexibility index (Phi) is 2.58. The van der Waals surface area contributed by atoms with Crippen LogP contribution in [0.4, 0.5) is 0 Å². The molecule has 3 rings (SSSR count). The van der Waals surface area contributed by atoms with Crippen LogP contribution in [-0.4, -0.2) is 24.3 Å². The lowest BCUT2D eigenvalue weighted by atomic mass is 9.98. The Bertz CT molecular complexity index is 386. The van der Waals surface area contributed by atoms with Crippen molar-refractivity contribution in [1.29, 1.82) is 0 Å². The normalized spacial score (nSPS) is 25.2. The summed E-state index contributed by atoms with van der Waals surface area (Å²) in [4.78, 5) is 0. The summed E-state index contributed by atoms with van der Waals surface area (Å²) < 4.78 is 5.62. The Morgan fingerprint density at radius 3 is 3.19 bits per heavy atom. The zero-order valence-corrected chi connectivity index (χ0v) is 9.28. The van der Waals surface area contributed by atoms with E-state index in [4.69, 9.17) is 4.74 Å². The topological polar surface area (TPSA) is 41.5 Å². The number of benzene rings is 1. The van der Waals surface area contributed by atoms with E-state index in [1.807, 2.05) is 12.1 Å². The minimum atomic E-state index is -0.435. The van der Waals surface area contributed by atoms with E-state index in [-0.39, 0.29) is 6.04 Å². The molecule has 0 amide bonds. The largest absolute Gasteiger partial charge is 0.493 e. The van der Waals surface area contributed by atoms with E-state index < -0.39 is 6.10 Å². The second kappa shape index (κ2) is 4.07. The highest BCUT2D eigenvalue weighted by Crippen LogP contribution is 2.35. The van der Waals surface area contributed by atoms with Crippen LogP contribution in [0, 0.1) is 0 Å². The molecule has 1 saturated heterocycles. The molecule has 2 unspecified atom stereocenters. The van der Waals surface area contributed by atoms with Crippen molar-refractivity contribution in [3.05, 3.63) is 29.3 Å². The summed E-state index contributed by atoms with van der Waals surface area (Å²) in [6.07, 6.45) is 2.73. The number of fused-ring (bicyclic) bond motifs is 1. The van der Waals surface area contributed by atoms with Crippen molar-refractivity contribution in [2.45, 2.75) is 31.4 Å². The fourth-order valence-electron chi connectivity index (χ4n) is 2.67. The molecule has 2 atom stereocenters. The van der Waals surface area contributed by atoms with Crippen molar-refractivity contribution in [3.63, 3.8) is 0 Å². The van der Waals surface area contributed by atoms with Crippen LogP contribution in [0.25, 0.3) is 0 Å². The van der Waals surface area contributed by atoms with E-state index in [1.165, 1.54) is 5.56 Å². The van der Waals surface area contributed by atoms with Gasteiger partial charge in [-0.3, -0.25) is 0 Å². The van der Waals surface area contributed by atoms with Gasteiger partial charge in [-0.1, -0.05) is 18.2 Å². The van der Waals surface area contributed by atoms with Crippen LogP contribution in [0.1, 0.15) is 30.1 Å². The maximum Gasteiger partial charge on any atom is 0.128 e. The van der Waals surface area contributed by atoms with Crippen LogP contribution in [0.2, 0.25) is 0 Å². The maximum absolute atomic E-state index is 10.3. The number of hydrogen-bond donors (Lipinski definition) is 2. The van der Waals surface area contributed by atoms with E-state index in [1.54, 1.807) is 0 Å². The van der Waals surface area contributed by atoms with Crippen LogP contribution in [-0.2, 0) is 6.42 Å². The molecule has 0 aromatic heterocycles. The van der Waals surface area contributed by atoms with Gasteiger partial charge in [0.25, 0.3) is 0 Å². The predicted molar refractivity (Wildman–Crippen MR) is 61.6 cm³/mol. The SMILES string of the molecule is OC(c1cccc2c1OCC2)C1CCCN1. The second-order valence-corrected chi connectivity index (χ2v) is 4.58. The first-order chi connectivity index (χ1) is 7.86. The highest BCUT2D eigenvalue weighted by Gasteiger charge is 2.28. The van der Waals surface area contributed by atoms with Crippen molar-refractivity contribution in [3.8, 4) is 5.75 Å². The lowest BCUT2D eigenvalue weighted by Crippen LogP contribution is -2.28. The minimum absolute atomic E-state index is 0.190. The average Bonchev–Trinajstić information content (AvgIpc) is 2.98. The van der Waals surface area contributed by atoms with Gasteiger partial charge in [-0.2, -0.15) is 0 Å². The molecule has 1 aromatic rings. The van der Waals surface area contributed by atoms with E-state index in [9.17, 15) is 5.11 Å². The molecule has 2 aliphatic rings. The van der Waals surface area contributed by atoms with Gasteiger partial charge in [0.2, 0.25) is 0 Å². The van der Waals surface area contributed by atoms with Crippen molar-refractivity contribution in [1.82, 2.24) is 5.32 Å². The number of rotatable bonds is 2. The Hall–Kier alpha value is -1.06. The first-order valence-electron chi connectivity index (χ1n) is 6.02. The molecule has 86 valence electrons. The minimum Gasteiger partial charge on any atom is -0.493 e. The zero-order valence-electron chi connectivity index (χ0n) is 9.28. The van der Waals surface area contributed by atoms with E-state index in [0.29, 0.717) is 0 Å². The van der Waals surface area contributed by atoms with Gasteiger partial charge in [-0.15, -0.1) is 0 Å². The van der Waals surface area contributed by atoms with Gasteiger partial charge in [0.1, 0.15) is 5.75 Å². The van der Waals surface area contributed by atoms with Gasteiger partial charge in [-0.25, -0.2) is 0 Å². The molecule has 16 heavy (non-hydrogen) atoms. The average molecular weight is 219 g/mol. The molecule has 2 heterocycles. The molecule has 3 heteroatoms. The molecule has 1 fully saturated rings. The third-order valence-corrected chi connectivity index (χ3v) is 3.54. The fourth-order valence-corrected chi connectivity index (χ4v) is 2.67. The van der Waals surface area contributed by atoms with Crippen molar-refractivity contribution < 1.29 is 9.84 Å². The third-order valence-electron chi connectivity index (χ3n) is 3.54. The van der Waals surface area contributed by atoms with Gasteiger partial charge in [0.05, 0.1) is 12.7 Å². The molecular weight excluding hydrogens is 202 g/mol. The number of ether oxygens (including phenoxy) is 1. The van der Waals surface area contributed by atoms with Crippen molar-refractivity contribution in [2.75, 3.05) is 13.2 Å². The molecule has 2 N–H and O–H groups in total. The number of nitrogens with one attached hydrogen (secondary N) is 1. The molecule has 2 aliphatic heterocycles. The molecule has 0 spiro atoms. The van der Waals surface area contributed by atoms with Gasteiger partial charge in [0.15, 0.2) is 0 Å². The number of aliphatic hydroxyl groups excluding tert-OH is 1. The molecule has 0 aliphatic carbocycles. The van der Waals surface area contributed by atoms with Crippen molar-refractivity contribution >= 4 is 0 Å². The lowest BCUT2D eigenvalue weighted by molar-refractivity contribution is 0.134. The Labute approximate surface area is 95.4 Å². The maximum atomic E-state index is 10.3. The number of para-hydroxylation sites is 1. The predicted octanol–water partition coefficient (Wildman–Crippen LogP) is 1.41. The summed E-state index contributed by atoms with van der Waals surface area (Å²) in [6, 6.07) is 6.27. The molecule has 3 nitrogen and oxygen atoms in total. The Morgan fingerprint density at radius 1 is 1.44 bits per heavy atom. The Morgan fingerprint density at radius 2 is 2.38 bits per heavy atom. The van der Waals surface area contributed by atoms with Crippen LogP contribution >= 0.6 is 0 Å². The molecule has 0 saturated carbocycles. The first-order valence-corrected chi connectivity index (χ1v) is 6.02. The quantitative estimate of drug-likeness (QED) is 0.790. The standard InChI is InChI=1S/C13H17NO2/c15-12(11-5-2-7-14-11)10-4-1-3-9-6-8-16-13(9)10/h1,3-4,11-12,14-15H,2,5-8H2. The molecule has 1 aromatic carbocycles. The van der Waals surface area contributed by atoms with E-state index in [0.717, 1.165) is 43.7 Å². The van der Waals surface area contributed by atoms with Crippen LogP contribution in [0.15, 0.2) is 18.2 Å². The summed E-state index contributed by atoms with van der Waals surface area (Å²) in [7, 11) is 0. The molecule has 0 radical (unpaired) electrons. The lowest BCUT2D eigenvalue weighted by Gasteiger charge is -2.20. The van der Waals surface area contributed by atoms with Crippen LogP contribution in [0.5, 0.6) is 5.75 Å². The Balaban J connectivity index is 1.91. The summed E-state index contributed by atoms with van der Waals surface area (Å²) in [5, 5.41) is 13.7. The summed E-state index contributed by atoms with van der Waals surface area (Å²) in [6.45, 7) is 1.76. The van der Waals surface area contributed by atoms with Gasteiger partial charge >= 0.3 is 0 Å². The monoisotopic (exact) mass is 219 g/mol. The molecular formula is C13H17NO2. The van der Waals surface area contributed by atoms with Crippen molar-refractivity contribution in [2.24, 2.45) is 0 Å². The highest BCUT2D eigenvalue weighted by atomic mass is 16.5. The zero-order chi connectivity index (χ0) is 11.0. The van der Waals surface area contributed by atoms with Gasteiger partial charge in [0, 0.05) is 18.0 Å². The second-order valence-electron chi connectivity index (χ2n) is 4.58. The fraction of sp³-hybridized carbons (Fsp3) is 0.538. The number of aliphatic hydroxyl groups is 1. The van der Waals surface area contributed by atoms with Crippen LogP contribution in [0.3, 0.4) is 0 Å². The van der Waals surface area contributed by atoms with E-state index in [2.05, 4.69) is 11.4 Å². The summed E-state index contributed by atoms with van der Waals surface area (Å²) in [5.74, 6) is 0.920. The van der Waals surface area contributed by atoms with Gasteiger partial charge in [-0.05, 0) is 24.9 Å². The summed E-state index contributed by atoms with van der Waals surface area (Å²) >= 11 is 0. The van der Waals surface area contributed by atoms with E-state index >= 15 is 0 Å². The first kappa shape index (κ1) is 10.1. The smallest absolute Gasteiger partial charge is 0.128 e. The third kappa shape index (κ3) is 1.60. The summed E-state index contributed by atoms with van der Waals surface area (Å²) in [5.41, 5.74) is 2.18. The highest BCUT2D eigenvalue weighted by molar-refractivity contribution is 5.45.